The van der Waals surface area contributed by atoms with E-state index in [1.165, 1.54) is 14.8 Å². The predicted octanol–water partition coefficient (Wildman–Crippen LogP) is 0.982. The van der Waals surface area contributed by atoms with Crippen LogP contribution in [0.15, 0.2) is 0 Å². The molecular formula is C5H8INOZn. The minimum absolute atomic E-state index is 0.139. The van der Waals surface area contributed by atoms with Crippen LogP contribution < -0.4 is 5.32 Å². The number of hydrogen-bond acceptors (Lipinski definition) is 1. The number of amides is 1. The van der Waals surface area contributed by atoms with Crippen molar-refractivity contribution in [3.63, 3.8) is 0 Å². The van der Waals surface area contributed by atoms with E-state index in [1.807, 2.05) is 0 Å². The van der Waals surface area contributed by atoms with E-state index < -0.39 is 0 Å². The van der Waals surface area contributed by atoms with E-state index in [1.54, 1.807) is 0 Å². The first-order valence-corrected chi connectivity index (χ1v) is 11.7. The molecule has 0 aliphatic carbocycles. The number of halogens is 1. The third-order valence-electron chi connectivity index (χ3n) is 1.08. The third kappa shape index (κ3) is 4.26. The monoisotopic (exact) mass is 289 g/mol. The van der Waals surface area contributed by atoms with Crippen LogP contribution in [0.3, 0.4) is 0 Å². The molecule has 0 unspecified atom stereocenters. The summed E-state index contributed by atoms with van der Waals surface area (Å²) in [5.74, 6) is 0.139. The molecule has 1 rings (SSSR count). The normalized spacial score (nSPS) is 24.4. The van der Waals surface area contributed by atoms with Crippen molar-refractivity contribution in [1.82, 2.24) is 5.32 Å². The van der Waals surface area contributed by atoms with E-state index in [0.717, 1.165) is 6.42 Å². The molecule has 0 bridgehead atoms. The molecule has 1 heterocycles. The van der Waals surface area contributed by atoms with Gasteiger partial charge >= 0.3 is 34.5 Å². The molecule has 4 heteroatoms. The molecule has 1 saturated heterocycles. The van der Waals surface area contributed by atoms with Crippen molar-refractivity contribution >= 4 is 25.7 Å². The summed E-state index contributed by atoms with van der Waals surface area (Å²) < 4.78 is 0. The Morgan fingerprint density at radius 1 is 1.78 bits per heavy atom. The predicted molar refractivity (Wildman–Crippen MR) is 40.5 cm³/mol. The van der Waals surface area contributed by atoms with Gasteiger partial charge in [0.25, 0.3) is 0 Å². The van der Waals surface area contributed by atoms with Crippen molar-refractivity contribution < 1.29 is 19.6 Å². The molecule has 0 aromatic carbocycles. The number of nitrogens with one attached hydrogen (secondary N) is 1. The van der Waals surface area contributed by atoms with E-state index in [-0.39, 0.29) is 11.9 Å². The van der Waals surface area contributed by atoms with Crippen LogP contribution >= 0.6 is 19.8 Å². The van der Waals surface area contributed by atoms with Crippen LogP contribution in [0.4, 0.5) is 0 Å². The Bertz CT molecular complexity index is 99.0. The van der Waals surface area contributed by atoms with Gasteiger partial charge in [-0.15, -0.1) is 0 Å². The van der Waals surface area contributed by atoms with Crippen LogP contribution in [0, 0.1) is 6.92 Å². The average Bonchev–Trinajstić information content (AvgIpc) is 2.20. The van der Waals surface area contributed by atoms with Crippen molar-refractivity contribution in [3.8, 4) is 0 Å². The quantitative estimate of drug-likeness (QED) is 0.402. The second kappa shape index (κ2) is 5.60. The minimum atomic E-state index is 0.139. The summed E-state index contributed by atoms with van der Waals surface area (Å²) in [6.45, 7) is 3.66. The summed E-state index contributed by atoms with van der Waals surface area (Å²) >= 11 is 3.62. The van der Waals surface area contributed by atoms with Crippen LogP contribution in [0.5, 0.6) is 0 Å². The Balaban J connectivity index is 0.000000291. The van der Waals surface area contributed by atoms with Crippen LogP contribution in [0.1, 0.15) is 12.8 Å². The summed E-state index contributed by atoms with van der Waals surface area (Å²) in [5, 5.41) is 2.67. The van der Waals surface area contributed by atoms with Gasteiger partial charge in [-0.1, -0.05) is 12.5 Å². The van der Waals surface area contributed by atoms with E-state index in [4.69, 9.17) is 0 Å². The number of hydrogen-bond donors (Lipinski definition) is 1. The topological polar surface area (TPSA) is 29.1 Å². The zero-order chi connectivity index (χ0) is 7.28. The molecule has 1 aliphatic heterocycles. The van der Waals surface area contributed by atoms with Gasteiger partial charge in [-0.3, -0.25) is 4.79 Å². The molecular weight excluding hydrogens is 282 g/mol. The van der Waals surface area contributed by atoms with Crippen molar-refractivity contribution in [2.75, 3.05) is 0 Å². The van der Waals surface area contributed by atoms with Crippen molar-refractivity contribution in [3.05, 3.63) is 6.92 Å². The summed E-state index contributed by atoms with van der Waals surface area (Å²) in [4.78, 5) is 10.3. The van der Waals surface area contributed by atoms with Gasteiger partial charge in [-0.25, -0.2) is 0 Å². The van der Waals surface area contributed by atoms with E-state index >= 15 is 0 Å². The first-order chi connectivity index (χ1) is 4.29. The van der Waals surface area contributed by atoms with Gasteiger partial charge in [0.05, 0.1) is 0 Å². The average molecular weight is 290 g/mol. The molecule has 1 N–H and O–H groups in total. The van der Waals surface area contributed by atoms with E-state index in [2.05, 4.69) is 32.0 Å². The molecule has 0 radical (unpaired) electrons. The molecule has 1 atom stereocenters. The standard InChI is InChI=1S/C5H8NO.HI.Zn/c1-4-2-3-5(7)6-4;;/h4H,1-3H2,(H,6,7);1H;/q-1;;+2/p-1/t4-;;/m1../s1. The van der Waals surface area contributed by atoms with Crippen LogP contribution in [0.25, 0.3) is 0 Å². The van der Waals surface area contributed by atoms with Gasteiger partial charge in [0.15, 0.2) is 0 Å². The fourth-order valence-electron chi connectivity index (χ4n) is 0.677. The van der Waals surface area contributed by atoms with Gasteiger partial charge in [-0.2, -0.15) is 0 Å². The third-order valence-corrected chi connectivity index (χ3v) is 1.08. The maximum atomic E-state index is 10.3. The molecule has 1 fully saturated rings. The molecule has 0 aromatic rings. The van der Waals surface area contributed by atoms with Gasteiger partial charge in [-0.05, 0) is 0 Å². The number of carbonyl (C=O) groups is 1. The van der Waals surface area contributed by atoms with Crippen molar-refractivity contribution in [2.24, 2.45) is 0 Å². The van der Waals surface area contributed by atoms with Crippen molar-refractivity contribution in [1.29, 1.82) is 0 Å². The van der Waals surface area contributed by atoms with Gasteiger partial charge in [0, 0.05) is 6.42 Å². The van der Waals surface area contributed by atoms with Gasteiger partial charge in [0.2, 0.25) is 5.91 Å². The Hall–Kier alpha value is 0.823. The first-order valence-electron chi connectivity index (χ1n) is 2.68. The maximum absolute atomic E-state index is 10.3. The Morgan fingerprint density at radius 2 is 2.33 bits per heavy atom. The summed E-state index contributed by atoms with van der Waals surface area (Å²) in [7, 11) is 0. The number of carbonyl (C=O) groups excluding carboxylic acids is 1. The Labute approximate surface area is 76.0 Å². The molecule has 0 aromatic heterocycles. The van der Waals surface area contributed by atoms with E-state index in [9.17, 15) is 4.79 Å². The first kappa shape index (κ1) is 9.82. The molecule has 9 heavy (non-hydrogen) atoms. The Kier molecular flexibility index (Phi) is 6.11. The van der Waals surface area contributed by atoms with E-state index in [0.29, 0.717) is 6.42 Å². The molecule has 48 valence electrons. The molecule has 0 saturated carbocycles. The zero-order valence-electron chi connectivity index (χ0n) is 5.19. The second-order valence-corrected chi connectivity index (χ2v) is 1.80. The molecule has 1 amide bonds. The van der Waals surface area contributed by atoms with Crippen LogP contribution in [0.2, 0.25) is 0 Å². The van der Waals surface area contributed by atoms with Crippen LogP contribution in [-0.2, 0) is 19.6 Å². The van der Waals surface area contributed by atoms with Gasteiger partial charge in [0.1, 0.15) is 0 Å². The van der Waals surface area contributed by atoms with Crippen molar-refractivity contribution in [2.45, 2.75) is 18.9 Å². The summed E-state index contributed by atoms with van der Waals surface area (Å²) in [6, 6.07) is 0.174. The second-order valence-electron chi connectivity index (χ2n) is 1.80. The molecule has 0 spiro atoms. The number of rotatable bonds is 0. The molecule has 2 nitrogen and oxygen atoms in total. The fraction of sp³-hybridized carbons (Fsp3) is 0.600. The summed E-state index contributed by atoms with van der Waals surface area (Å²) in [5.41, 5.74) is 0. The fourth-order valence-corrected chi connectivity index (χ4v) is 0.677. The SMILES string of the molecule is [CH2-][C@@H]1CCC(=O)N1.[Zn+][I]. The molecule has 1 aliphatic rings. The zero-order valence-corrected chi connectivity index (χ0v) is 10.3. The summed E-state index contributed by atoms with van der Waals surface area (Å²) in [6.07, 6.45) is 1.56. The Morgan fingerprint density at radius 3 is 2.44 bits per heavy atom. The van der Waals surface area contributed by atoms with Crippen LogP contribution in [-0.4, -0.2) is 11.9 Å². The van der Waals surface area contributed by atoms with Gasteiger partial charge < -0.3 is 12.2 Å².